The molecule has 2 unspecified atom stereocenters. The molecule has 18 heavy (non-hydrogen) atoms. The molecule has 5 nitrogen and oxygen atoms in total. The van der Waals surface area contributed by atoms with Crippen molar-refractivity contribution in [2.45, 2.75) is 39.3 Å². The molecule has 1 aromatic rings. The Labute approximate surface area is 108 Å². The monoisotopic (exact) mass is 254 g/mol. The van der Waals surface area contributed by atoms with E-state index in [-0.39, 0.29) is 12.1 Å². The molecule has 0 aliphatic carbocycles. The highest BCUT2D eigenvalue weighted by molar-refractivity contribution is 5.74. The lowest BCUT2D eigenvalue weighted by molar-refractivity contribution is 0.129. The number of amides is 2. The van der Waals surface area contributed by atoms with Gasteiger partial charge in [0.15, 0.2) is 0 Å². The smallest absolute Gasteiger partial charge is 0.315 e. The lowest BCUT2D eigenvalue weighted by Crippen LogP contribution is -2.42. The predicted molar refractivity (Wildman–Crippen MR) is 69.1 cm³/mol. The van der Waals surface area contributed by atoms with Crippen LogP contribution in [-0.2, 0) is 0 Å². The molecule has 2 amide bonds. The van der Waals surface area contributed by atoms with Gasteiger partial charge in [0.05, 0.1) is 6.26 Å². The van der Waals surface area contributed by atoms with Crippen LogP contribution in [0.5, 0.6) is 0 Å². The first-order valence-corrected chi connectivity index (χ1v) is 6.25. The third kappa shape index (κ3) is 5.23. The highest BCUT2D eigenvalue weighted by atomic mass is 16.4. The first-order chi connectivity index (χ1) is 8.49. The van der Waals surface area contributed by atoms with Gasteiger partial charge >= 0.3 is 6.03 Å². The maximum absolute atomic E-state index is 11.5. The second-order valence-corrected chi connectivity index (χ2v) is 4.92. The molecule has 1 rings (SSSR count). The molecule has 2 atom stereocenters. The Hall–Kier alpha value is -1.49. The number of nitrogens with one attached hydrogen (secondary N) is 2. The van der Waals surface area contributed by atoms with Crippen LogP contribution >= 0.6 is 0 Å². The number of urea groups is 1. The number of hydrogen-bond acceptors (Lipinski definition) is 3. The van der Waals surface area contributed by atoms with Crippen LogP contribution in [0.4, 0.5) is 4.79 Å². The van der Waals surface area contributed by atoms with Crippen molar-refractivity contribution in [3.05, 3.63) is 24.2 Å². The van der Waals surface area contributed by atoms with E-state index in [0.717, 1.165) is 0 Å². The van der Waals surface area contributed by atoms with Crippen molar-refractivity contribution in [2.75, 3.05) is 6.54 Å². The van der Waals surface area contributed by atoms with E-state index in [4.69, 9.17) is 4.42 Å². The molecule has 0 aromatic carbocycles. The second-order valence-electron chi connectivity index (χ2n) is 4.92. The van der Waals surface area contributed by atoms with E-state index in [2.05, 4.69) is 10.6 Å². The maximum atomic E-state index is 11.5. The van der Waals surface area contributed by atoms with E-state index in [1.165, 1.54) is 6.26 Å². The first kappa shape index (κ1) is 14.6. The van der Waals surface area contributed by atoms with Crippen molar-refractivity contribution in [2.24, 2.45) is 5.92 Å². The summed E-state index contributed by atoms with van der Waals surface area (Å²) in [7, 11) is 0. The molecular formula is C13H22N2O3. The molecular weight excluding hydrogens is 232 g/mol. The van der Waals surface area contributed by atoms with E-state index in [9.17, 15) is 9.90 Å². The van der Waals surface area contributed by atoms with Crippen LogP contribution in [0.25, 0.3) is 0 Å². The van der Waals surface area contributed by atoms with Gasteiger partial charge in [-0.05, 0) is 25.0 Å². The third-order valence-electron chi connectivity index (χ3n) is 2.50. The average Bonchev–Trinajstić information content (AvgIpc) is 2.79. The molecule has 0 fully saturated rings. The number of carbonyl (C=O) groups is 1. The molecule has 0 aliphatic heterocycles. The normalized spacial score (nSPS) is 14.3. The molecule has 0 saturated carbocycles. The van der Waals surface area contributed by atoms with Crippen molar-refractivity contribution in [1.82, 2.24) is 10.6 Å². The average molecular weight is 254 g/mol. The molecule has 1 aromatic heterocycles. The quantitative estimate of drug-likeness (QED) is 0.727. The van der Waals surface area contributed by atoms with Gasteiger partial charge in [-0.2, -0.15) is 0 Å². The molecule has 0 spiro atoms. The number of carbonyl (C=O) groups excluding carboxylic acids is 1. The van der Waals surface area contributed by atoms with Gasteiger partial charge in [0.25, 0.3) is 0 Å². The molecule has 3 N–H and O–H groups in total. The molecule has 0 bridgehead atoms. The number of furan rings is 1. The van der Waals surface area contributed by atoms with Crippen molar-refractivity contribution >= 4 is 6.03 Å². The number of aliphatic hydroxyl groups excluding tert-OH is 1. The molecule has 0 radical (unpaired) electrons. The maximum Gasteiger partial charge on any atom is 0.315 e. The summed E-state index contributed by atoms with van der Waals surface area (Å²) in [4.78, 5) is 11.5. The molecule has 1 heterocycles. The summed E-state index contributed by atoms with van der Waals surface area (Å²) >= 11 is 0. The summed E-state index contributed by atoms with van der Waals surface area (Å²) < 4.78 is 5.10. The Morgan fingerprint density at radius 2 is 2.17 bits per heavy atom. The lowest BCUT2D eigenvalue weighted by Gasteiger charge is -2.17. The van der Waals surface area contributed by atoms with Crippen molar-refractivity contribution in [1.29, 1.82) is 0 Å². The van der Waals surface area contributed by atoms with Crippen LogP contribution in [0, 0.1) is 5.92 Å². The van der Waals surface area contributed by atoms with Gasteiger partial charge in [0.1, 0.15) is 11.9 Å². The Kier molecular flexibility index (Phi) is 5.71. The summed E-state index contributed by atoms with van der Waals surface area (Å²) in [6, 6.07) is 3.11. The Balaban J connectivity index is 2.28. The summed E-state index contributed by atoms with van der Waals surface area (Å²) in [5.74, 6) is 0.936. The zero-order chi connectivity index (χ0) is 13.5. The van der Waals surface area contributed by atoms with Gasteiger partial charge in [-0.15, -0.1) is 0 Å². The fourth-order valence-corrected chi connectivity index (χ4v) is 1.56. The van der Waals surface area contributed by atoms with Crippen LogP contribution in [0.2, 0.25) is 0 Å². The van der Waals surface area contributed by atoms with Gasteiger partial charge in [-0.3, -0.25) is 0 Å². The standard InChI is InChI=1S/C13H22N2O3/c1-9(2)8-14-13(17)15-10(3)7-11(16)12-5-4-6-18-12/h4-6,9-11,16H,7-8H2,1-3H3,(H2,14,15,17). The largest absolute Gasteiger partial charge is 0.467 e. The van der Waals surface area contributed by atoms with Crippen molar-refractivity contribution < 1.29 is 14.3 Å². The highest BCUT2D eigenvalue weighted by Gasteiger charge is 2.16. The predicted octanol–water partition coefficient (Wildman–Crippen LogP) is 2.05. The van der Waals surface area contributed by atoms with E-state index >= 15 is 0 Å². The summed E-state index contributed by atoms with van der Waals surface area (Å²) in [5.41, 5.74) is 0. The number of aliphatic hydroxyl groups is 1. The van der Waals surface area contributed by atoms with E-state index in [1.807, 2.05) is 20.8 Å². The fourth-order valence-electron chi connectivity index (χ4n) is 1.56. The van der Waals surface area contributed by atoms with Crippen LogP contribution in [0.3, 0.4) is 0 Å². The van der Waals surface area contributed by atoms with E-state index in [1.54, 1.807) is 12.1 Å². The molecule has 5 heteroatoms. The van der Waals surface area contributed by atoms with Gasteiger partial charge in [-0.1, -0.05) is 13.8 Å². The minimum Gasteiger partial charge on any atom is -0.467 e. The number of rotatable bonds is 6. The van der Waals surface area contributed by atoms with Gasteiger partial charge < -0.3 is 20.2 Å². The Morgan fingerprint density at radius 3 is 2.72 bits per heavy atom. The minimum atomic E-state index is -0.694. The van der Waals surface area contributed by atoms with Crippen molar-refractivity contribution in [3.8, 4) is 0 Å². The second kappa shape index (κ2) is 7.06. The van der Waals surface area contributed by atoms with E-state index < -0.39 is 6.10 Å². The molecule has 0 aliphatic rings. The molecule has 0 saturated heterocycles. The third-order valence-corrected chi connectivity index (χ3v) is 2.50. The van der Waals surface area contributed by atoms with Gasteiger partial charge in [0, 0.05) is 19.0 Å². The fraction of sp³-hybridized carbons (Fsp3) is 0.615. The summed E-state index contributed by atoms with van der Waals surface area (Å²) in [6.07, 6.45) is 1.25. The Morgan fingerprint density at radius 1 is 1.44 bits per heavy atom. The minimum absolute atomic E-state index is 0.128. The summed E-state index contributed by atoms with van der Waals surface area (Å²) in [5, 5.41) is 15.4. The van der Waals surface area contributed by atoms with Gasteiger partial charge in [-0.25, -0.2) is 4.79 Å². The van der Waals surface area contributed by atoms with Crippen LogP contribution in [0.15, 0.2) is 22.8 Å². The molecule has 102 valence electrons. The van der Waals surface area contributed by atoms with Crippen LogP contribution in [-0.4, -0.2) is 23.7 Å². The zero-order valence-corrected chi connectivity index (χ0v) is 11.1. The van der Waals surface area contributed by atoms with E-state index in [0.29, 0.717) is 24.6 Å². The first-order valence-electron chi connectivity index (χ1n) is 6.25. The summed E-state index contributed by atoms with van der Waals surface area (Å²) in [6.45, 7) is 6.55. The van der Waals surface area contributed by atoms with Gasteiger partial charge in [0.2, 0.25) is 0 Å². The SMILES string of the molecule is CC(C)CNC(=O)NC(C)CC(O)c1ccco1. The van der Waals surface area contributed by atoms with Crippen LogP contribution < -0.4 is 10.6 Å². The lowest BCUT2D eigenvalue weighted by atomic mass is 10.1. The van der Waals surface area contributed by atoms with Crippen LogP contribution in [0.1, 0.15) is 39.1 Å². The number of hydrogen-bond donors (Lipinski definition) is 3. The Bertz CT molecular complexity index is 349. The highest BCUT2D eigenvalue weighted by Crippen LogP contribution is 2.18. The van der Waals surface area contributed by atoms with Crippen molar-refractivity contribution in [3.63, 3.8) is 0 Å². The topological polar surface area (TPSA) is 74.5 Å². The zero-order valence-electron chi connectivity index (χ0n) is 11.1.